The number of benzene rings is 1. The Morgan fingerprint density at radius 1 is 1.42 bits per heavy atom. The van der Waals surface area contributed by atoms with Gasteiger partial charge in [0.1, 0.15) is 0 Å². The maximum Gasteiger partial charge on any atom is 0.237 e. The lowest BCUT2D eigenvalue weighted by Gasteiger charge is -2.20. The molecule has 1 saturated heterocycles. The van der Waals surface area contributed by atoms with E-state index in [0.29, 0.717) is 6.54 Å². The number of carbonyl (C=O) groups is 1. The number of para-hydroxylation sites is 1. The monoisotopic (exact) mass is 274 g/mol. The normalized spacial score (nSPS) is 18.3. The lowest BCUT2D eigenvalue weighted by atomic mass is 10.1. The number of anilines is 1. The summed E-state index contributed by atoms with van der Waals surface area (Å²) in [6, 6.07) is 7.58. The van der Waals surface area contributed by atoms with Crippen molar-refractivity contribution in [1.82, 2.24) is 0 Å². The van der Waals surface area contributed by atoms with Crippen LogP contribution >= 0.6 is 11.8 Å². The molecule has 1 aliphatic rings. The van der Waals surface area contributed by atoms with Gasteiger partial charge >= 0.3 is 0 Å². The first-order chi connectivity index (χ1) is 9.31. The van der Waals surface area contributed by atoms with Crippen molar-refractivity contribution < 1.29 is 4.79 Å². The predicted molar refractivity (Wildman–Crippen MR) is 81.1 cm³/mol. The summed E-state index contributed by atoms with van der Waals surface area (Å²) in [5, 5.41) is 3.06. The van der Waals surface area contributed by atoms with Gasteiger partial charge in [0.2, 0.25) is 5.91 Å². The van der Waals surface area contributed by atoms with Crippen LogP contribution in [0.3, 0.4) is 0 Å². The van der Waals surface area contributed by atoms with E-state index in [1.54, 1.807) is 11.8 Å². The highest BCUT2D eigenvalue weighted by molar-refractivity contribution is 8.00. The molecule has 0 saturated carbocycles. The van der Waals surface area contributed by atoms with E-state index in [0.717, 1.165) is 29.8 Å². The molecule has 0 bridgehead atoms. The van der Waals surface area contributed by atoms with Crippen LogP contribution in [0, 0.1) is 11.8 Å². The molecule has 1 aromatic rings. The second-order valence-corrected chi connectivity index (χ2v) is 5.71. The highest BCUT2D eigenvalue weighted by Crippen LogP contribution is 2.26. The van der Waals surface area contributed by atoms with Gasteiger partial charge in [-0.3, -0.25) is 4.79 Å². The van der Waals surface area contributed by atoms with Crippen LogP contribution in [0.4, 0.5) is 5.69 Å². The highest BCUT2D eigenvalue weighted by atomic mass is 32.2. The molecule has 0 spiro atoms. The molecule has 1 fully saturated rings. The van der Waals surface area contributed by atoms with Crippen molar-refractivity contribution in [2.24, 2.45) is 5.73 Å². The first-order valence-electron chi connectivity index (χ1n) is 6.51. The summed E-state index contributed by atoms with van der Waals surface area (Å²) in [6.07, 6.45) is 3.32. The van der Waals surface area contributed by atoms with E-state index < -0.39 is 0 Å². The third-order valence-electron chi connectivity index (χ3n) is 2.98. The van der Waals surface area contributed by atoms with Gasteiger partial charge in [-0.1, -0.05) is 30.4 Å². The maximum atomic E-state index is 12.2. The summed E-state index contributed by atoms with van der Waals surface area (Å²) < 4.78 is 0. The fraction of sp³-hybridized carbons (Fsp3) is 0.400. The van der Waals surface area contributed by atoms with Crippen LogP contribution in [0.1, 0.15) is 24.8 Å². The van der Waals surface area contributed by atoms with Crippen LogP contribution in [0.5, 0.6) is 0 Å². The molecule has 0 aliphatic carbocycles. The Morgan fingerprint density at radius 2 is 2.26 bits per heavy atom. The second-order valence-electron chi connectivity index (χ2n) is 4.40. The number of amides is 1. The van der Waals surface area contributed by atoms with Gasteiger partial charge in [0.25, 0.3) is 0 Å². The Morgan fingerprint density at radius 3 is 3.00 bits per heavy atom. The number of hydrogen-bond acceptors (Lipinski definition) is 3. The molecule has 2 rings (SSSR count). The number of thioether (sulfide) groups is 1. The fourth-order valence-electron chi connectivity index (χ4n) is 2.01. The van der Waals surface area contributed by atoms with Gasteiger partial charge in [0.05, 0.1) is 17.5 Å². The SMILES string of the molecule is NCC#Cc1ccccc1NC(=O)C1CCCCS1. The summed E-state index contributed by atoms with van der Waals surface area (Å²) in [5.74, 6) is 6.97. The van der Waals surface area contributed by atoms with Crippen LogP contribution in [0.25, 0.3) is 0 Å². The Kier molecular flexibility index (Phi) is 5.31. The van der Waals surface area contributed by atoms with Gasteiger partial charge in [-0.25, -0.2) is 0 Å². The Labute approximate surface area is 118 Å². The van der Waals surface area contributed by atoms with Crippen molar-refractivity contribution in [3.63, 3.8) is 0 Å². The van der Waals surface area contributed by atoms with Crippen LogP contribution in [0.2, 0.25) is 0 Å². The van der Waals surface area contributed by atoms with Gasteiger partial charge in [-0.2, -0.15) is 0 Å². The zero-order chi connectivity index (χ0) is 13.5. The van der Waals surface area contributed by atoms with Gasteiger partial charge in [0.15, 0.2) is 0 Å². The number of carbonyl (C=O) groups excluding carboxylic acids is 1. The average molecular weight is 274 g/mol. The van der Waals surface area contributed by atoms with Crippen LogP contribution in [-0.4, -0.2) is 23.5 Å². The minimum absolute atomic E-state index is 0.0734. The number of nitrogens with two attached hydrogens (primary N) is 1. The van der Waals surface area contributed by atoms with Crippen molar-refractivity contribution in [3.8, 4) is 11.8 Å². The Balaban J connectivity index is 2.07. The van der Waals surface area contributed by atoms with Gasteiger partial charge in [-0.05, 0) is 30.7 Å². The quantitative estimate of drug-likeness (QED) is 0.813. The molecule has 100 valence electrons. The molecule has 1 aliphatic heterocycles. The van der Waals surface area contributed by atoms with Crippen molar-refractivity contribution in [2.75, 3.05) is 17.6 Å². The topological polar surface area (TPSA) is 55.1 Å². The van der Waals surface area contributed by atoms with Crippen molar-refractivity contribution in [3.05, 3.63) is 29.8 Å². The molecule has 3 N–H and O–H groups in total. The highest BCUT2D eigenvalue weighted by Gasteiger charge is 2.22. The molecule has 1 heterocycles. The lowest BCUT2D eigenvalue weighted by Crippen LogP contribution is -2.27. The lowest BCUT2D eigenvalue weighted by molar-refractivity contribution is -0.115. The molecule has 0 aromatic heterocycles. The third-order valence-corrected chi connectivity index (χ3v) is 4.36. The molecule has 1 atom stereocenters. The van der Waals surface area contributed by atoms with Crippen LogP contribution < -0.4 is 11.1 Å². The summed E-state index contributed by atoms with van der Waals surface area (Å²) in [5.41, 5.74) is 6.98. The maximum absolute atomic E-state index is 12.2. The van der Waals surface area contributed by atoms with Gasteiger partial charge in [-0.15, -0.1) is 11.8 Å². The zero-order valence-electron chi connectivity index (χ0n) is 10.8. The standard InChI is InChI=1S/C15H18N2OS/c16-10-5-7-12-6-1-2-8-13(12)17-15(18)14-9-3-4-11-19-14/h1-2,6,8,14H,3-4,9-11,16H2,(H,17,18). The Bertz CT molecular complexity index is 498. The molecule has 1 unspecified atom stereocenters. The second kappa shape index (κ2) is 7.22. The van der Waals surface area contributed by atoms with Crippen LogP contribution in [-0.2, 0) is 4.79 Å². The minimum Gasteiger partial charge on any atom is -0.324 e. The van der Waals surface area contributed by atoms with E-state index in [2.05, 4.69) is 17.2 Å². The number of hydrogen-bond donors (Lipinski definition) is 2. The van der Waals surface area contributed by atoms with E-state index in [1.807, 2.05) is 24.3 Å². The summed E-state index contributed by atoms with van der Waals surface area (Å²) in [6.45, 7) is 0.320. The van der Waals surface area contributed by atoms with Crippen molar-refractivity contribution in [1.29, 1.82) is 0 Å². The summed E-state index contributed by atoms with van der Waals surface area (Å²) >= 11 is 1.75. The van der Waals surface area contributed by atoms with Crippen molar-refractivity contribution >= 4 is 23.4 Å². The fourth-order valence-corrected chi connectivity index (χ4v) is 3.21. The number of nitrogens with one attached hydrogen (secondary N) is 1. The van der Waals surface area contributed by atoms with Gasteiger partial charge < -0.3 is 11.1 Å². The Hall–Kier alpha value is -1.44. The zero-order valence-corrected chi connectivity index (χ0v) is 11.6. The van der Waals surface area contributed by atoms with E-state index in [1.165, 1.54) is 6.42 Å². The third kappa shape index (κ3) is 4.02. The molecule has 4 heteroatoms. The average Bonchev–Trinajstić information content (AvgIpc) is 2.47. The van der Waals surface area contributed by atoms with E-state index in [-0.39, 0.29) is 11.2 Å². The summed E-state index contributed by atoms with van der Waals surface area (Å²) in [4.78, 5) is 12.2. The molecule has 1 amide bonds. The van der Waals surface area contributed by atoms with E-state index in [9.17, 15) is 4.79 Å². The first-order valence-corrected chi connectivity index (χ1v) is 7.56. The molecule has 1 aromatic carbocycles. The van der Waals surface area contributed by atoms with Crippen molar-refractivity contribution in [2.45, 2.75) is 24.5 Å². The molecular weight excluding hydrogens is 256 g/mol. The predicted octanol–water partition coefficient (Wildman–Crippen LogP) is 2.22. The largest absolute Gasteiger partial charge is 0.324 e. The molecular formula is C15H18N2OS. The molecule has 3 nitrogen and oxygen atoms in total. The van der Waals surface area contributed by atoms with Gasteiger partial charge in [0, 0.05) is 5.56 Å². The summed E-state index contributed by atoms with van der Waals surface area (Å²) in [7, 11) is 0. The smallest absolute Gasteiger partial charge is 0.237 e. The van der Waals surface area contributed by atoms with E-state index in [4.69, 9.17) is 5.73 Å². The van der Waals surface area contributed by atoms with Crippen LogP contribution in [0.15, 0.2) is 24.3 Å². The number of rotatable bonds is 2. The minimum atomic E-state index is 0.0734. The van der Waals surface area contributed by atoms with E-state index >= 15 is 0 Å². The molecule has 0 radical (unpaired) electrons. The molecule has 19 heavy (non-hydrogen) atoms. The first kappa shape index (κ1) is 14.0.